The predicted molar refractivity (Wildman–Crippen MR) is 59.3 cm³/mol. The maximum Gasteiger partial charge on any atom is 0.673 e. The summed E-state index contributed by atoms with van der Waals surface area (Å²) < 4.78 is 39.0. The molecule has 0 atom stereocenters. The lowest BCUT2D eigenvalue weighted by Gasteiger charge is -2.20. The zero-order valence-electron chi connectivity index (χ0n) is 9.36. The first kappa shape index (κ1) is 16.6. The van der Waals surface area contributed by atoms with Gasteiger partial charge in [-0.05, 0) is 27.7 Å². The van der Waals surface area contributed by atoms with Crippen molar-refractivity contribution in [2.45, 2.75) is 27.7 Å². The predicted octanol–water partition coefficient (Wildman–Crippen LogP) is 4.38. The van der Waals surface area contributed by atoms with E-state index in [1.165, 1.54) is 24.6 Å². The van der Waals surface area contributed by atoms with Crippen LogP contribution in [0.4, 0.5) is 17.3 Å². The Balaban J connectivity index is 0. The zero-order valence-corrected chi connectivity index (χ0v) is 10.3. The number of rotatable bonds is 4. The van der Waals surface area contributed by atoms with Crippen LogP contribution in [-0.2, 0) is 0 Å². The van der Waals surface area contributed by atoms with Crippen molar-refractivity contribution in [3.63, 3.8) is 0 Å². The summed E-state index contributed by atoms with van der Waals surface area (Å²) in [5.74, 6) is 0. The van der Waals surface area contributed by atoms with Crippen LogP contribution in [0.15, 0.2) is 0 Å². The molecule has 0 bridgehead atoms. The van der Waals surface area contributed by atoms with Crippen LogP contribution in [0.3, 0.4) is 0 Å². The van der Waals surface area contributed by atoms with Crippen LogP contribution in [0, 0.1) is 0 Å². The molecule has 0 aliphatic heterocycles. The number of hydrogen-bond acceptors (Lipinski definition) is 0. The van der Waals surface area contributed by atoms with Crippen LogP contribution in [0.5, 0.6) is 0 Å². The summed E-state index contributed by atoms with van der Waals surface area (Å²) in [6.45, 7) is 9.41. The molecule has 0 aliphatic rings. The van der Waals surface area contributed by atoms with E-state index in [1.807, 2.05) is 0 Å². The van der Waals surface area contributed by atoms with Gasteiger partial charge in [0.2, 0.25) is 0 Å². The molecular weight excluding hydrogens is 214 g/mol. The summed E-state index contributed by atoms with van der Waals surface area (Å²) >= 11 is 0. The molecule has 0 saturated carbocycles. The van der Waals surface area contributed by atoms with Crippen molar-refractivity contribution in [1.82, 2.24) is 0 Å². The van der Waals surface area contributed by atoms with Crippen LogP contribution in [0.2, 0.25) is 0 Å². The fourth-order valence-electron chi connectivity index (χ4n) is 1.34. The molecule has 0 saturated heterocycles. The number of hydrogen-bond donors (Lipinski definition) is 0. The van der Waals surface area contributed by atoms with E-state index in [0.717, 1.165) is 0 Å². The van der Waals surface area contributed by atoms with Crippen LogP contribution in [0.1, 0.15) is 27.7 Å². The Morgan fingerprint density at radius 1 is 0.714 bits per heavy atom. The van der Waals surface area contributed by atoms with E-state index in [1.54, 1.807) is 0 Å². The molecule has 14 heavy (non-hydrogen) atoms. The number of halogens is 4. The van der Waals surface area contributed by atoms with Crippen molar-refractivity contribution >= 4 is 14.5 Å². The van der Waals surface area contributed by atoms with Gasteiger partial charge in [0, 0.05) is 7.26 Å². The Kier molecular flexibility index (Phi) is 8.91. The highest BCUT2D eigenvalue weighted by molar-refractivity contribution is 7.75. The molecule has 0 aliphatic carbocycles. The SMILES string of the molecule is CC[P+](CC)(CC)CC.F[B-](F)(F)F. The van der Waals surface area contributed by atoms with Crippen LogP contribution in [0.25, 0.3) is 0 Å². The third kappa shape index (κ3) is 10.3. The van der Waals surface area contributed by atoms with Crippen molar-refractivity contribution in [2.75, 3.05) is 24.6 Å². The molecule has 0 aromatic carbocycles. The second-order valence-corrected chi connectivity index (χ2v) is 8.31. The van der Waals surface area contributed by atoms with Crippen molar-refractivity contribution in [3.8, 4) is 0 Å². The van der Waals surface area contributed by atoms with Gasteiger partial charge in [0.15, 0.2) is 0 Å². The van der Waals surface area contributed by atoms with Crippen molar-refractivity contribution in [3.05, 3.63) is 0 Å². The van der Waals surface area contributed by atoms with Crippen LogP contribution >= 0.6 is 7.26 Å². The Morgan fingerprint density at radius 3 is 0.857 bits per heavy atom. The summed E-state index contributed by atoms with van der Waals surface area (Å²) in [5, 5.41) is 0. The van der Waals surface area contributed by atoms with Gasteiger partial charge in [-0.1, -0.05) is 0 Å². The molecular formula is C8H20BF4P. The van der Waals surface area contributed by atoms with Crippen molar-refractivity contribution in [2.24, 2.45) is 0 Å². The molecule has 0 aromatic rings. The lowest BCUT2D eigenvalue weighted by atomic mass is 10.3. The third-order valence-electron chi connectivity index (χ3n) is 2.68. The normalized spacial score (nSPS) is 12.0. The zero-order chi connectivity index (χ0) is 11.8. The van der Waals surface area contributed by atoms with Gasteiger partial charge in [-0.3, -0.25) is 0 Å². The first-order valence-corrected chi connectivity index (χ1v) is 7.50. The van der Waals surface area contributed by atoms with E-state index in [-0.39, 0.29) is 0 Å². The van der Waals surface area contributed by atoms with Crippen LogP contribution in [-0.4, -0.2) is 31.9 Å². The van der Waals surface area contributed by atoms with E-state index < -0.39 is 14.5 Å². The average molecular weight is 234 g/mol. The minimum absolute atomic E-state index is 0.420. The molecule has 0 aromatic heterocycles. The molecule has 0 heterocycles. The first-order chi connectivity index (χ1) is 6.24. The van der Waals surface area contributed by atoms with Gasteiger partial charge < -0.3 is 17.3 Å². The molecule has 0 nitrogen and oxygen atoms in total. The molecule has 0 rings (SSSR count). The van der Waals surface area contributed by atoms with Crippen LogP contribution < -0.4 is 0 Å². The Hall–Kier alpha value is 0.215. The van der Waals surface area contributed by atoms with E-state index in [4.69, 9.17) is 0 Å². The Labute approximate surface area is 84.9 Å². The monoisotopic (exact) mass is 234 g/mol. The Bertz CT molecular complexity index is 110. The molecule has 88 valence electrons. The fourth-order valence-corrected chi connectivity index (χ4v) is 4.02. The van der Waals surface area contributed by atoms with Crippen molar-refractivity contribution in [1.29, 1.82) is 0 Å². The Morgan fingerprint density at radius 2 is 0.857 bits per heavy atom. The summed E-state index contributed by atoms with van der Waals surface area (Å²) in [4.78, 5) is 0. The lowest BCUT2D eigenvalue weighted by Crippen LogP contribution is -2.04. The molecule has 0 spiro atoms. The van der Waals surface area contributed by atoms with Gasteiger partial charge in [-0.2, -0.15) is 0 Å². The van der Waals surface area contributed by atoms with E-state index in [2.05, 4.69) is 27.7 Å². The maximum atomic E-state index is 9.75. The summed E-state index contributed by atoms with van der Waals surface area (Å²) in [7, 11) is -6.42. The second-order valence-electron chi connectivity index (χ2n) is 3.10. The molecule has 0 N–H and O–H groups in total. The highest BCUT2D eigenvalue weighted by Gasteiger charge is 2.27. The van der Waals surface area contributed by atoms with Gasteiger partial charge in [0.25, 0.3) is 0 Å². The average Bonchev–Trinajstić information content (AvgIpc) is 2.07. The summed E-state index contributed by atoms with van der Waals surface area (Å²) in [6.07, 6.45) is 5.82. The van der Waals surface area contributed by atoms with Gasteiger partial charge in [-0.25, -0.2) is 0 Å². The molecule has 0 unspecified atom stereocenters. The van der Waals surface area contributed by atoms with Crippen molar-refractivity contribution < 1.29 is 17.3 Å². The van der Waals surface area contributed by atoms with Gasteiger partial charge in [-0.15, -0.1) is 0 Å². The smallest absolute Gasteiger partial charge is 0.418 e. The van der Waals surface area contributed by atoms with Gasteiger partial charge in [0.05, 0.1) is 24.6 Å². The van der Waals surface area contributed by atoms with Gasteiger partial charge in [0.1, 0.15) is 0 Å². The lowest BCUT2D eigenvalue weighted by molar-refractivity contribution is 0.368. The topological polar surface area (TPSA) is 0 Å². The summed E-state index contributed by atoms with van der Waals surface area (Å²) in [6, 6.07) is 0. The largest absolute Gasteiger partial charge is 0.673 e. The summed E-state index contributed by atoms with van der Waals surface area (Å²) in [5.41, 5.74) is 0. The standard InChI is InChI=1S/C8H20P.BF4/c1-5-9(6-2,7-3)8-4;2-1(3,4)5/h5-8H2,1-4H3;/q+1;-1. The molecule has 6 heteroatoms. The van der Waals surface area contributed by atoms with E-state index in [0.29, 0.717) is 0 Å². The van der Waals surface area contributed by atoms with Gasteiger partial charge >= 0.3 is 7.25 Å². The second kappa shape index (κ2) is 7.50. The highest BCUT2D eigenvalue weighted by atomic mass is 31.2. The maximum absolute atomic E-state index is 9.75. The third-order valence-corrected chi connectivity index (χ3v) is 8.05. The fraction of sp³-hybridized carbons (Fsp3) is 1.00. The first-order valence-electron chi connectivity index (χ1n) is 4.97. The molecule has 0 fully saturated rings. The minimum Gasteiger partial charge on any atom is -0.418 e. The van der Waals surface area contributed by atoms with E-state index >= 15 is 0 Å². The highest BCUT2D eigenvalue weighted by Crippen LogP contribution is 2.57. The molecule has 0 amide bonds. The quantitative estimate of drug-likeness (QED) is 0.384. The van der Waals surface area contributed by atoms with E-state index in [9.17, 15) is 17.3 Å². The molecule has 0 radical (unpaired) electrons. The minimum atomic E-state index is -6.00.